The molecule has 4 nitrogen and oxygen atoms in total. The molecule has 0 aliphatic carbocycles. The van der Waals surface area contributed by atoms with Crippen LogP contribution >= 0.6 is 11.3 Å². The summed E-state index contributed by atoms with van der Waals surface area (Å²) in [6, 6.07) is 10.8. The fourth-order valence-corrected chi connectivity index (χ4v) is 3.19. The molecule has 0 atom stereocenters. The van der Waals surface area contributed by atoms with Crippen molar-refractivity contribution < 1.29 is 4.79 Å². The first-order chi connectivity index (χ1) is 10.3. The van der Waals surface area contributed by atoms with Crippen LogP contribution in [0.15, 0.2) is 41.2 Å². The van der Waals surface area contributed by atoms with Crippen molar-refractivity contribution in [3.8, 4) is 0 Å². The molecule has 1 amide bonds. The van der Waals surface area contributed by atoms with Crippen molar-refractivity contribution in [1.82, 2.24) is 15.2 Å². The lowest BCUT2D eigenvalue weighted by atomic mass is 10.0. The van der Waals surface area contributed by atoms with E-state index in [9.17, 15) is 4.79 Å². The van der Waals surface area contributed by atoms with Crippen molar-refractivity contribution in [1.29, 1.82) is 0 Å². The van der Waals surface area contributed by atoms with Gasteiger partial charge in [0.25, 0.3) is 5.91 Å². The molecule has 1 saturated heterocycles. The summed E-state index contributed by atoms with van der Waals surface area (Å²) in [4.78, 5) is 18.5. The van der Waals surface area contributed by atoms with Gasteiger partial charge in [-0.2, -0.15) is 0 Å². The third kappa shape index (κ3) is 3.89. The van der Waals surface area contributed by atoms with Crippen LogP contribution in [0.25, 0.3) is 0 Å². The lowest BCUT2D eigenvalue weighted by Gasteiger charge is -2.32. The average molecular weight is 301 g/mol. The highest BCUT2D eigenvalue weighted by atomic mass is 32.1. The number of hydrogen-bond acceptors (Lipinski definition) is 4. The zero-order valence-corrected chi connectivity index (χ0v) is 12.7. The molecule has 1 N–H and O–H groups in total. The second-order valence-corrected chi connectivity index (χ2v) is 6.10. The summed E-state index contributed by atoms with van der Waals surface area (Å²) in [6.45, 7) is 3.04. The summed E-state index contributed by atoms with van der Waals surface area (Å²) < 4.78 is 0. The largest absolute Gasteiger partial charge is 0.348 e. The Bertz CT molecular complexity index is 562. The topological polar surface area (TPSA) is 45.2 Å². The van der Waals surface area contributed by atoms with E-state index in [1.54, 1.807) is 10.9 Å². The predicted molar refractivity (Wildman–Crippen MR) is 84.3 cm³/mol. The van der Waals surface area contributed by atoms with Gasteiger partial charge in [-0.15, -0.1) is 11.3 Å². The van der Waals surface area contributed by atoms with Crippen LogP contribution in [0, 0.1) is 0 Å². The molecule has 0 unspecified atom stereocenters. The van der Waals surface area contributed by atoms with Gasteiger partial charge in [0.05, 0.1) is 5.51 Å². The number of carbonyl (C=O) groups excluding carboxylic acids is 1. The zero-order valence-electron chi connectivity index (χ0n) is 11.9. The smallest absolute Gasteiger partial charge is 0.270 e. The van der Waals surface area contributed by atoms with Gasteiger partial charge < -0.3 is 5.32 Å². The second-order valence-electron chi connectivity index (χ2n) is 5.38. The number of benzene rings is 1. The lowest BCUT2D eigenvalue weighted by molar-refractivity contribution is 0.0904. The zero-order chi connectivity index (χ0) is 14.5. The molecule has 3 rings (SSSR count). The minimum absolute atomic E-state index is 0.0437. The fourth-order valence-electron chi connectivity index (χ4n) is 2.66. The summed E-state index contributed by atoms with van der Waals surface area (Å²) in [5.74, 6) is -0.0437. The Labute approximate surface area is 128 Å². The molecule has 1 aromatic carbocycles. The Hall–Kier alpha value is -1.72. The highest BCUT2D eigenvalue weighted by molar-refractivity contribution is 7.07. The Balaban J connectivity index is 1.46. The van der Waals surface area contributed by atoms with Crippen molar-refractivity contribution in [3.63, 3.8) is 0 Å². The second kappa shape index (κ2) is 6.83. The van der Waals surface area contributed by atoms with Crippen LogP contribution in [0.1, 0.15) is 28.9 Å². The van der Waals surface area contributed by atoms with E-state index in [-0.39, 0.29) is 11.9 Å². The summed E-state index contributed by atoms with van der Waals surface area (Å²) in [5.41, 5.74) is 3.58. The minimum Gasteiger partial charge on any atom is -0.348 e. The third-order valence-electron chi connectivity index (χ3n) is 3.84. The van der Waals surface area contributed by atoms with Gasteiger partial charge in [0, 0.05) is 31.1 Å². The molecule has 0 saturated carbocycles. The molecular formula is C16H19N3OS. The van der Waals surface area contributed by atoms with Crippen molar-refractivity contribution in [2.45, 2.75) is 25.4 Å². The van der Waals surface area contributed by atoms with Gasteiger partial charge in [-0.05, 0) is 18.4 Å². The van der Waals surface area contributed by atoms with E-state index in [1.807, 2.05) is 6.07 Å². The molecule has 0 bridgehead atoms. The summed E-state index contributed by atoms with van der Waals surface area (Å²) >= 11 is 1.45. The van der Waals surface area contributed by atoms with Crippen LogP contribution in [-0.4, -0.2) is 34.9 Å². The van der Waals surface area contributed by atoms with Gasteiger partial charge in [0.15, 0.2) is 0 Å². The number of rotatable bonds is 4. The van der Waals surface area contributed by atoms with E-state index in [2.05, 4.69) is 39.5 Å². The van der Waals surface area contributed by atoms with E-state index in [4.69, 9.17) is 0 Å². The molecule has 1 aliphatic rings. The van der Waals surface area contributed by atoms with E-state index in [0.717, 1.165) is 32.5 Å². The molecule has 110 valence electrons. The monoisotopic (exact) mass is 301 g/mol. The van der Waals surface area contributed by atoms with Crippen molar-refractivity contribution in [2.75, 3.05) is 13.1 Å². The highest BCUT2D eigenvalue weighted by Gasteiger charge is 2.21. The predicted octanol–water partition coefficient (Wildman–Crippen LogP) is 2.54. The first-order valence-electron chi connectivity index (χ1n) is 7.26. The third-order valence-corrected chi connectivity index (χ3v) is 4.42. The van der Waals surface area contributed by atoms with Crippen LogP contribution in [0.2, 0.25) is 0 Å². The first kappa shape index (κ1) is 14.2. The van der Waals surface area contributed by atoms with Gasteiger partial charge in [0.2, 0.25) is 0 Å². The lowest BCUT2D eigenvalue weighted by Crippen LogP contribution is -2.44. The van der Waals surface area contributed by atoms with E-state index < -0.39 is 0 Å². The molecule has 1 aromatic heterocycles. The SMILES string of the molecule is O=C(NC1CCN(Cc2ccccc2)CC1)c1cscn1. The molecule has 2 aromatic rings. The minimum atomic E-state index is -0.0437. The molecule has 21 heavy (non-hydrogen) atoms. The van der Waals surface area contributed by atoms with Crippen LogP contribution in [0.5, 0.6) is 0 Å². The number of piperidine rings is 1. The number of carbonyl (C=O) groups is 1. The van der Waals surface area contributed by atoms with Crippen LogP contribution in [0.3, 0.4) is 0 Å². The van der Waals surface area contributed by atoms with Crippen LogP contribution < -0.4 is 5.32 Å². The van der Waals surface area contributed by atoms with Gasteiger partial charge in [0.1, 0.15) is 5.69 Å². The van der Waals surface area contributed by atoms with E-state index in [0.29, 0.717) is 5.69 Å². The Morgan fingerprint density at radius 1 is 1.29 bits per heavy atom. The maximum absolute atomic E-state index is 12.0. The molecule has 1 aliphatic heterocycles. The van der Waals surface area contributed by atoms with Gasteiger partial charge in [-0.3, -0.25) is 9.69 Å². The molecular weight excluding hydrogens is 282 g/mol. The molecule has 0 radical (unpaired) electrons. The van der Waals surface area contributed by atoms with Gasteiger partial charge in [-0.1, -0.05) is 30.3 Å². The number of amides is 1. The molecule has 1 fully saturated rings. The number of nitrogens with one attached hydrogen (secondary N) is 1. The number of aromatic nitrogens is 1. The van der Waals surface area contributed by atoms with E-state index >= 15 is 0 Å². The molecule has 5 heteroatoms. The van der Waals surface area contributed by atoms with Gasteiger partial charge in [-0.25, -0.2) is 4.98 Å². The number of nitrogens with zero attached hydrogens (tertiary/aromatic N) is 2. The van der Waals surface area contributed by atoms with Crippen molar-refractivity contribution in [3.05, 3.63) is 52.5 Å². The number of hydrogen-bond donors (Lipinski definition) is 1. The van der Waals surface area contributed by atoms with Crippen LogP contribution in [0.4, 0.5) is 0 Å². The van der Waals surface area contributed by atoms with E-state index in [1.165, 1.54) is 16.9 Å². The normalized spacial score (nSPS) is 16.8. The number of likely N-dealkylation sites (tertiary alicyclic amines) is 1. The summed E-state index contributed by atoms with van der Waals surface area (Å²) in [6.07, 6.45) is 2.01. The van der Waals surface area contributed by atoms with Crippen LogP contribution in [-0.2, 0) is 6.54 Å². The highest BCUT2D eigenvalue weighted by Crippen LogP contribution is 2.14. The average Bonchev–Trinajstić information content (AvgIpc) is 3.05. The molecule has 0 spiro atoms. The number of thiazole rings is 1. The Kier molecular flexibility index (Phi) is 4.62. The Morgan fingerprint density at radius 3 is 2.71 bits per heavy atom. The van der Waals surface area contributed by atoms with Gasteiger partial charge >= 0.3 is 0 Å². The standard InChI is InChI=1S/C16H19N3OS/c20-16(15-11-21-12-17-15)18-14-6-8-19(9-7-14)10-13-4-2-1-3-5-13/h1-5,11-12,14H,6-10H2,(H,18,20). The van der Waals surface area contributed by atoms with Crippen molar-refractivity contribution in [2.24, 2.45) is 0 Å². The summed E-state index contributed by atoms with van der Waals surface area (Å²) in [7, 11) is 0. The quantitative estimate of drug-likeness (QED) is 0.944. The Morgan fingerprint density at radius 2 is 2.05 bits per heavy atom. The first-order valence-corrected chi connectivity index (χ1v) is 8.21. The molecule has 2 heterocycles. The van der Waals surface area contributed by atoms with Crippen molar-refractivity contribution >= 4 is 17.2 Å². The fraction of sp³-hybridized carbons (Fsp3) is 0.375. The maximum Gasteiger partial charge on any atom is 0.270 e. The maximum atomic E-state index is 12.0. The summed E-state index contributed by atoms with van der Waals surface area (Å²) in [5, 5.41) is 4.88.